The second-order valence-electron chi connectivity index (χ2n) is 4.74. The highest BCUT2D eigenvalue weighted by Crippen LogP contribution is 2.32. The van der Waals surface area contributed by atoms with Crippen LogP contribution in [0.15, 0.2) is 24.3 Å². The molecule has 0 bridgehead atoms. The molecule has 1 aromatic heterocycles. The van der Waals surface area contributed by atoms with Gasteiger partial charge in [-0.05, 0) is 36.1 Å². The maximum Gasteiger partial charge on any atom is 0.353 e. The molecule has 1 atom stereocenters. The number of aromatic amines is 1. The van der Waals surface area contributed by atoms with Crippen molar-refractivity contribution < 1.29 is 14.6 Å². The number of nitrogens with one attached hydrogen (secondary N) is 1. The highest BCUT2D eigenvalue weighted by molar-refractivity contribution is 5.87. The fourth-order valence-corrected chi connectivity index (χ4v) is 2.04. The lowest BCUT2D eigenvalue weighted by atomic mass is 9.95. The number of benzene rings is 1. The van der Waals surface area contributed by atoms with Crippen LogP contribution in [0, 0.1) is 0 Å². The molecule has 0 spiro atoms. The van der Waals surface area contributed by atoms with E-state index in [-0.39, 0.29) is 5.69 Å². The fourth-order valence-electron chi connectivity index (χ4n) is 2.04. The number of aromatic nitrogens is 2. The molecule has 2 N–H and O–H groups in total. The van der Waals surface area contributed by atoms with E-state index < -0.39 is 5.97 Å². The monoisotopic (exact) mass is 274 g/mol. The minimum Gasteiger partial charge on any atom is -0.496 e. The highest BCUT2D eigenvalue weighted by Gasteiger charge is 2.15. The molecule has 1 unspecified atom stereocenters. The summed E-state index contributed by atoms with van der Waals surface area (Å²) in [5.41, 5.74) is 2.62. The zero-order valence-electron chi connectivity index (χ0n) is 11.8. The van der Waals surface area contributed by atoms with Crippen molar-refractivity contribution in [2.24, 2.45) is 0 Å². The number of carboxylic acid groups (broad SMARTS) is 1. The van der Waals surface area contributed by atoms with E-state index in [1.807, 2.05) is 18.2 Å². The summed E-state index contributed by atoms with van der Waals surface area (Å²) in [7, 11) is 1.59. The number of nitrogens with zero attached hydrogens (tertiary/aromatic N) is 1. The molecule has 0 amide bonds. The largest absolute Gasteiger partial charge is 0.496 e. The summed E-state index contributed by atoms with van der Waals surface area (Å²) in [4.78, 5) is 10.9. The standard InChI is InChI=1S/C15H18N2O3/c1-4-9(2)10-5-6-14(20-3)11(7-10)12-8-13(15(18)19)17-16-12/h5-9H,4H2,1-3H3,(H,16,17)(H,18,19). The van der Waals surface area contributed by atoms with Crippen LogP contribution >= 0.6 is 0 Å². The Bertz CT molecular complexity index is 619. The Labute approximate surface area is 117 Å². The van der Waals surface area contributed by atoms with E-state index in [1.165, 1.54) is 11.6 Å². The van der Waals surface area contributed by atoms with Crippen molar-refractivity contribution in [1.82, 2.24) is 10.2 Å². The molecule has 0 aliphatic rings. The third-order valence-electron chi connectivity index (χ3n) is 3.49. The number of methoxy groups -OCH3 is 1. The third-order valence-corrected chi connectivity index (χ3v) is 3.49. The van der Waals surface area contributed by atoms with Gasteiger partial charge in [-0.3, -0.25) is 5.10 Å². The van der Waals surface area contributed by atoms with Gasteiger partial charge >= 0.3 is 5.97 Å². The zero-order chi connectivity index (χ0) is 14.7. The molecule has 20 heavy (non-hydrogen) atoms. The Morgan fingerprint density at radius 2 is 2.20 bits per heavy atom. The summed E-state index contributed by atoms with van der Waals surface area (Å²) < 4.78 is 5.34. The summed E-state index contributed by atoms with van der Waals surface area (Å²) in [6.45, 7) is 4.28. The molecule has 5 nitrogen and oxygen atoms in total. The predicted octanol–water partition coefficient (Wildman–Crippen LogP) is 3.30. The van der Waals surface area contributed by atoms with E-state index in [4.69, 9.17) is 9.84 Å². The smallest absolute Gasteiger partial charge is 0.353 e. The molecular formula is C15H18N2O3. The SMILES string of the molecule is CCC(C)c1ccc(OC)c(-c2cc(C(=O)O)[nH]n2)c1. The van der Waals surface area contributed by atoms with Crippen LogP contribution in [0.3, 0.4) is 0 Å². The van der Waals surface area contributed by atoms with Gasteiger partial charge in [0, 0.05) is 5.56 Å². The van der Waals surface area contributed by atoms with E-state index in [9.17, 15) is 4.79 Å². The molecule has 0 saturated heterocycles. The average Bonchev–Trinajstić information content (AvgIpc) is 2.95. The van der Waals surface area contributed by atoms with Crippen molar-refractivity contribution in [1.29, 1.82) is 0 Å². The second-order valence-corrected chi connectivity index (χ2v) is 4.74. The molecular weight excluding hydrogens is 256 g/mol. The fraction of sp³-hybridized carbons (Fsp3) is 0.333. The average molecular weight is 274 g/mol. The van der Waals surface area contributed by atoms with Gasteiger partial charge in [0.25, 0.3) is 0 Å². The molecule has 0 fully saturated rings. The van der Waals surface area contributed by atoms with Crippen molar-refractivity contribution >= 4 is 5.97 Å². The Morgan fingerprint density at radius 1 is 1.45 bits per heavy atom. The van der Waals surface area contributed by atoms with Gasteiger partial charge in [-0.1, -0.05) is 19.9 Å². The van der Waals surface area contributed by atoms with E-state index in [0.29, 0.717) is 17.4 Å². The number of hydrogen-bond donors (Lipinski definition) is 2. The first-order chi connectivity index (χ1) is 9.56. The number of H-pyrrole nitrogens is 1. The molecule has 2 rings (SSSR count). The summed E-state index contributed by atoms with van der Waals surface area (Å²) in [6, 6.07) is 7.45. The van der Waals surface area contributed by atoms with Crippen molar-refractivity contribution in [3.05, 3.63) is 35.5 Å². The van der Waals surface area contributed by atoms with E-state index >= 15 is 0 Å². The lowest BCUT2D eigenvalue weighted by molar-refractivity contribution is 0.0690. The minimum atomic E-state index is -1.03. The van der Waals surface area contributed by atoms with Crippen molar-refractivity contribution in [3.8, 4) is 17.0 Å². The number of carbonyl (C=O) groups is 1. The molecule has 0 aliphatic heterocycles. The van der Waals surface area contributed by atoms with Gasteiger partial charge in [-0.15, -0.1) is 0 Å². The summed E-state index contributed by atoms with van der Waals surface area (Å²) >= 11 is 0. The molecule has 1 heterocycles. The Balaban J connectivity index is 2.49. The van der Waals surface area contributed by atoms with Gasteiger partial charge < -0.3 is 9.84 Å². The van der Waals surface area contributed by atoms with Crippen LogP contribution in [0.5, 0.6) is 5.75 Å². The van der Waals surface area contributed by atoms with Gasteiger partial charge in [0.15, 0.2) is 0 Å². The van der Waals surface area contributed by atoms with Crippen LogP contribution in [-0.4, -0.2) is 28.4 Å². The van der Waals surface area contributed by atoms with Gasteiger partial charge in [0.1, 0.15) is 11.4 Å². The second kappa shape index (κ2) is 5.77. The lowest BCUT2D eigenvalue weighted by Crippen LogP contribution is -1.95. The van der Waals surface area contributed by atoms with Crippen molar-refractivity contribution in [3.63, 3.8) is 0 Å². The van der Waals surface area contributed by atoms with Gasteiger partial charge in [0.05, 0.1) is 12.8 Å². The van der Waals surface area contributed by atoms with E-state index in [0.717, 1.165) is 12.0 Å². The first kappa shape index (κ1) is 14.1. The number of hydrogen-bond acceptors (Lipinski definition) is 3. The molecule has 106 valence electrons. The molecule has 0 saturated carbocycles. The zero-order valence-corrected chi connectivity index (χ0v) is 11.8. The summed E-state index contributed by atoms with van der Waals surface area (Å²) in [6.07, 6.45) is 1.03. The van der Waals surface area contributed by atoms with E-state index in [1.54, 1.807) is 7.11 Å². The number of aromatic carboxylic acids is 1. The quantitative estimate of drug-likeness (QED) is 0.877. The first-order valence-corrected chi connectivity index (χ1v) is 6.53. The van der Waals surface area contributed by atoms with Gasteiger partial charge in [-0.25, -0.2) is 4.79 Å². The summed E-state index contributed by atoms with van der Waals surface area (Å²) in [5, 5.41) is 15.5. The number of ether oxygens (including phenoxy) is 1. The van der Waals surface area contributed by atoms with Crippen LogP contribution < -0.4 is 4.74 Å². The molecule has 2 aromatic rings. The Morgan fingerprint density at radius 3 is 2.75 bits per heavy atom. The van der Waals surface area contributed by atoms with Crippen LogP contribution in [-0.2, 0) is 0 Å². The Hall–Kier alpha value is -2.30. The van der Waals surface area contributed by atoms with Crippen LogP contribution in [0.2, 0.25) is 0 Å². The van der Waals surface area contributed by atoms with Crippen LogP contribution in [0.25, 0.3) is 11.3 Å². The minimum absolute atomic E-state index is 0.0657. The number of rotatable bonds is 5. The first-order valence-electron chi connectivity index (χ1n) is 6.53. The predicted molar refractivity (Wildman–Crippen MR) is 76.2 cm³/mol. The van der Waals surface area contributed by atoms with Crippen molar-refractivity contribution in [2.75, 3.05) is 7.11 Å². The lowest BCUT2D eigenvalue weighted by Gasteiger charge is -2.13. The molecule has 1 aromatic carbocycles. The van der Waals surface area contributed by atoms with Crippen molar-refractivity contribution in [2.45, 2.75) is 26.2 Å². The summed E-state index contributed by atoms with van der Waals surface area (Å²) in [5.74, 6) is 0.0823. The topological polar surface area (TPSA) is 75.2 Å². The van der Waals surface area contributed by atoms with Gasteiger partial charge in [0.2, 0.25) is 0 Å². The molecule has 5 heteroatoms. The molecule has 0 radical (unpaired) electrons. The third kappa shape index (κ3) is 2.66. The maximum atomic E-state index is 10.9. The van der Waals surface area contributed by atoms with Crippen LogP contribution in [0.4, 0.5) is 0 Å². The highest BCUT2D eigenvalue weighted by atomic mass is 16.5. The maximum absolute atomic E-state index is 10.9. The molecule has 0 aliphatic carbocycles. The Kier molecular flexibility index (Phi) is 4.08. The number of carboxylic acids is 1. The van der Waals surface area contributed by atoms with E-state index in [2.05, 4.69) is 24.0 Å². The van der Waals surface area contributed by atoms with Crippen LogP contribution in [0.1, 0.15) is 42.2 Å². The van der Waals surface area contributed by atoms with Gasteiger partial charge in [-0.2, -0.15) is 5.10 Å². The normalized spacial score (nSPS) is 12.2.